The fraction of sp³-hybridized carbons (Fsp3) is 0.400. The van der Waals surface area contributed by atoms with Gasteiger partial charge < -0.3 is 14.6 Å². The molecule has 0 spiro atoms. The van der Waals surface area contributed by atoms with Gasteiger partial charge in [0.05, 0.1) is 13.2 Å². The first-order chi connectivity index (χ1) is 8.29. The second-order valence-electron chi connectivity index (χ2n) is 3.36. The maximum Gasteiger partial charge on any atom is 0.226 e. The largest absolute Gasteiger partial charge is 0.478 e. The SMILES string of the molecule is CCOc1ccnc(NCc2nncn2C)n1. The van der Waals surface area contributed by atoms with E-state index in [1.54, 1.807) is 18.6 Å². The molecule has 2 heterocycles. The molecule has 0 aliphatic rings. The van der Waals surface area contributed by atoms with Crippen LogP contribution in [0.2, 0.25) is 0 Å². The Kier molecular flexibility index (Phi) is 3.49. The van der Waals surface area contributed by atoms with Crippen LogP contribution in [0.1, 0.15) is 12.7 Å². The average molecular weight is 234 g/mol. The number of hydrogen-bond donors (Lipinski definition) is 1. The van der Waals surface area contributed by atoms with Gasteiger partial charge in [0.15, 0.2) is 5.82 Å². The molecule has 0 fully saturated rings. The van der Waals surface area contributed by atoms with Crippen LogP contribution in [0.4, 0.5) is 5.95 Å². The lowest BCUT2D eigenvalue weighted by Gasteiger charge is -2.06. The Hall–Kier alpha value is -2.18. The van der Waals surface area contributed by atoms with Gasteiger partial charge in [-0.3, -0.25) is 0 Å². The van der Waals surface area contributed by atoms with Gasteiger partial charge in [0.2, 0.25) is 11.8 Å². The highest BCUT2D eigenvalue weighted by atomic mass is 16.5. The van der Waals surface area contributed by atoms with Gasteiger partial charge in [0, 0.05) is 19.3 Å². The second-order valence-corrected chi connectivity index (χ2v) is 3.36. The van der Waals surface area contributed by atoms with Crippen molar-refractivity contribution in [3.05, 3.63) is 24.4 Å². The smallest absolute Gasteiger partial charge is 0.226 e. The maximum absolute atomic E-state index is 5.28. The molecule has 0 atom stereocenters. The fourth-order valence-electron chi connectivity index (χ4n) is 1.28. The summed E-state index contributed by atoms with van der Waals surface area (Å²) in [7, 11) is 1.88. The monoisotopic (exact) mass is 234 g/mol. The number of nitrogens with one attached hydrogen (secondary N) is 1. The van der Waals surface area contributed by atoms with Crippen LogP contribution < -0.4 is 10.1 Å². The molecule has 17 heavy (non-hydrogen) atoms. The predicted molar refractivity (Wildman–Crippen MR) is 61.5 cm³/mol. The van der Waals surface area contributed by atoms with E-state index in [1.165, 1.54) is 0 Å². The molecule has 0 bridgehead atoms. The molecule has 1 N–H and O–H groups in total. The molecule has 0 unspecified atom stereocenters. The van der Waals surface area contributed by atoms with Gasteiger partial charge in [-0.05, 0) is 6.92 Å². The average Bonchev–Trinajstić information content (AvgIpc) is 2.73. The van der Waals surface area contributed by atoms with Crippen LogP contribution in [-0.2, 0) is 13.6 Å². The normalized spacial score (nSPS) is 10.2. The Morgan fingerprint density at radius 1 is 1.47 bits per heavy atom. The van der Waals surface area contributed by atoms with E-state index < -0.39 is 0 Å². The minimum absolute atomic E-state index is 0.513. The Bertz CT molecular complexity index is 483. The molecule has 7 heteroatoms. The summed E-state index contributed by atoms with van der Waals surface area (Å²) in [6, 6.07) is 1.72. The van der Waals surface area contributed by atoms with Crippen LogP contribution >= 0.6 is 0 Å². The van der Waals surface area contributed by atoms with E-state index in [-0.39, 0.29) is 0 Å². The third kappa shape index (κ3) is 2.90. The molecule has 0 aromatic carbocycles. The van der Waals surface area contributed by atoms with Crippen LogP contribution in [0.15, 0.2) is 18.6 Å². The maximum atomic E-state index is 5.28. The number of aromatic nitrogens is 5. The molecule has 0 radical (unpaired) electrons. The van der Waals surface area contributed by atoms with Crippen molar-refractivity contribution in [1.82, 2.24) is 24.7 Å². The molecule has 0 saturated carbocycles. The first-order valence-electron chi connectivity index (χ1n) is 5.32. The van der Waals surface area contributed by atoms with Crippen molar-refractivity contribution in [2.45, 2.75) is 13.5 Å². The van der Waals surface area contributed by atoms with Crippen LogP contribution in [0.5, 0.6) is 5.88 Å². The number of anilines is 1. The standard InChI is InChI=1S/C10H14N6O/c1-3-17-9-4-5-11-10(14-9)12-6-8-15-13-7-16(8)2/h4-5,7H,3,6H2,1-2H3,(H,11,12,14). The molecule has 2 aromatic rings. The third-order valence-corrected chi connectivity index (χ3v) is 2.13. The molecule has 0 saturated heterocycles. The Morgan fingerprint density at radius 2 is 2.35 bits per heavy atom. The van der Waals surface area contributed by atoms with Crippen molar-refractivity contribution in [3.63, 3.8) is 0 Å². The zero-order chi connectivity index (χ0) is 12.1. The topological polar surface area (TPSA) is 77.8 Å². The summed E-state index contributed by atoms with van der Waals surface area (Å²) >= 11 is 0. The summed E-state index contributed by atoms with van der Waals surface area (Å²) in [5.74, 6) is 1.89. The zero-order valence-electron chi connectivity index (χ0n) is 9.79. The summed E-state index contributed by atoms with van der Waals surface area (Å²) in [5, 5.41) is 10.8. The highest BCUT2D eigenvalue weighted by molar-refractivity contribution is 5.27. The van der Waals surface area contributed by atoms with Crippen molar-refractivity contribution in [1.29, 1.82) is 0 Å². The van der Waals surface area contributed by atoms with Gasteiger partial charge >= 0.3 is 0 Å². The van der Waals surface area contributed by atoms with Crippen LogP contribution in [0.25, 0.3) is 0 Å². The third-order valence-electron chi connectivity index (χ3n) is 2.13. The molecule has 0 aliphatic carbocycles. The minimum atomic E-state index is 0.513. The molecule has 90 valence electrons. The van der Waals surface area contributed by atoms with E-state index in [9.17, 15) is 0 Å². The summed E-state index contributed by atoms with van der Waals surface area (Å²) in [4.78, 5) is 8.28. The van der Waals surface area contributed by atoms with Crippen molar-refractivity contribution in [2.75, 3.05) is 11.9 Å². The lowest BCUT2D eigenvalue weighted by Crippen LogP contribution is -2.08. The first-order valence-corrected chi connectivity index (χ1v) is 5.32. The molecular weight excluding hydrogens is 220 g/mol. The Balaban J connectivity index is 1.99. The Labute approximate surface area is 98.9 Å². The van der Waals surface area contributed by atoms with Crippen molar-refractivity contribution in [3.8, 4) is 5.88 Å². The lowest BCUT2D eigenvalue weighted by molar-refractivity contribution is 0.326. The molecule has 2 aromatic heterocycles. The van der Waals surface area contributed by atoms with Crippen molar-refractivity contribution >= 4 is 5.95 Å². The summed E-state index contributed by atoms with van der Waals surface area (Å²) in [6.07, 6.45) is 3.30. The van der Waals surface area contributed by atoms with Gasteiger partial charge in [-0.1, -0.05) is 0 Å². The summed E-state index contributed by atoms with van der Waals surface area (Å²) < 4.78 is 7.12. The molecule has 2 rings (SSSR count). The van der Waals surface area contributed by atoms with Crippen LogP contribution in [-0.4, -0.2) is 31.3 Å². The van der Waals surface area contributed by atoms with Crippen molar-refractivity contribution in [2.24, 2.45) is 7.05 Å². The number of aryl methyl sites for hydroxylation is 1. The van der Waals surface area contributed by atoms with Gasteiger partial charge in [-0.25, -0.2) is 4.98 Å². The lowest BCUT2D eigenvalue weighted by atomic mass is 10.5. The molecule has 0 amide bonds. The number of nitrogens with zero attached hydrogens (tertiary/aromatic N) is 5. The van der Waals surface area contributed by atoms with Crippen LogP contribution in [0, 0.1) is 0 Å². The van der Waals surface area contributed by atoms with E-state index >= 15 is 0 Å². The van der Waals surface area contributed by atoms with Gasteiger partial charge in [-0.2, -0.15) is 4.98 Å². The highest BCUT2D eigenvalue weighted by Gasteiger charge is 2.02. The van der Waals surface area contributed by atoms with E-state index in [4.69, 9.17) is 4.74 Å². The Morgan fingerprint density at radius 3 is 3.06 bits per heavy atom. The highest BCUT2D eigenvalue weighted by Crippen LogP contribution is 2.08. The quantitative estimate of drug-likeness (QED) is 0.817. The minimum Gasteiger partial charge on any atom is -0.478 e. The summed E-state index contributed by atoms with van der Waals surface area (Å²) in [5.41, 5.74) is 0. The fourth-order valence-corrected chi connectivity index (χ4v) is 1.28. The van der Waals surface area contributed by atoms with Crippen LogP contribution in [0.3, 0.4) is 0 Å². The number of hydrogen-bond acceptors (Lipinski definition) is 6. The number of rotatable bonds is 5. The van der Waals surface area contributed by atoms with Gasteiger partial charge in [0.1, 0.15) is 6.33 Å². The number of ether oxygens (including phenoxy) is 1. The predicted octanol–water partition coefficient (Wildman–Crippen LogP) is 0.616. The van der Waals surface area contributed by atoms with Gasteiger partial charge in [0.25, 0.3) is 0 Å². The zero-order valence-corrected chi connectivity index (χ0v) is 9.79. The summed E-state index contributed by atoms with van der Waals surface area (Å²) in [6.45, 7) is 3.01. The van der Waals surface area contributed by atoms with E-state index in [1.807, 2.05) is 18.5 Å². The first kappa shape index (κ1) is 11.3. The van der Waals surface area contributed by atoms with E-state index in [0.29, 0.717) is 25.0 Å². The second kappa shape index (κ2) is 5.24. The van der Waals surface area contributed by atoms with E-state index in [2.05, 4.69) is 25.5 Å². The molecule has 7 nitrogen and oxygen atoms in total. The van der Waals surface area contributed by atoms with Crippen molar-refractivity contribution < 1.29 is 4.74 Å². The molecular formula is C10H14N6O. The van der Waals surface area contributed by atoms with Gasteiger partial charge in [-0.15, -0.1) is 10.2 Å². The molecule has 0 aliphatic heterocycles. The van der Waals surface area contributed by atoms with E-state index in [0.717, 1.165) is 5.82 Å².